The summed E-state index contributed by atoms with van der Waals surface area (Å²) in [5, 5.41) is 0. The van der Waals surface area contributed by atoms with Crippen LogP contribution in [0.2, 0.25) is 0 Å². The van der Waals surface area contributed by atoms with Gasteiger partial charge in [-0.3, -0.25) is 0 Å². The quantitative estimate of drug-likeness (QED) is 0.586. The Morgan fingerprint density at radius 2 is 1.88 bits per heavy atom. The Balaban J connectivity index is 2.28. The van der Waals surface area contributed by atoms with Gasteiger partial charge in [0.1, 0.15) is 23.9 Å². The first-order chi connectivity index (χ1) is 11.5. The van der Waals surface area contributed by atoms with Crippen LogP contribution in [0.4, 0.5) is 9.18 Å². The van der Waals surface area contributed by atoms with Crippen LogP contribution in [0.25, 0.3) is 0 Å². The number of aryl methyl sites for hydroxylation is 3. The number of hydrogen-bond acceptors (Lipinski definition) is 4. The van der Waals surface area contributed by atoms with Crippen molar-refractivity contribution in [3.63, 3.8) is 0 Å². The molecule has 0 atom stereocenters. The van der Waals surface area contributed by atoms with Crippen molar-refractivity contribution in [2.45, 2.75) is 33.8 Å². The Morgan fingerprint density at radius 1 is 1.12 bits per heavy atom. The van der Waals surface area contributed by atoms with Gasteiger partial charge in [0.2, 0.25) is 0 Å². The van der Waals surface area contributed by atoms with Crippen LogP contribution in [0.1, 0.15) is 29.2 Å². The number of methoxy groups -OCH3 is 1. The number of benzene rings is 2. The van der Waals surface area contributed by atoms with Crippen LogP contribution < -0.4 is 9.47 Å². The Labute approximate surface area is 141 Å². The number of halogens is 1. The molecule has 0 saturated carbocycles. The molecule has 2 aromatic rings. The smallest absolute Gasteiger partial charge is 0.488 e. The average Bonchev–Trinajstić information content (AvgIpc) is 2.57. The van der Waals surface area contributed by atoms with Crippen LogP contribution in [0.3, 0.4) is 0 Å². The number of carbonyl (C=O) groups excluding carboxylic acids is 1. The van der Waals surface area contributed by atoms with Crippen LogP contribution in [-0.2, 0) is 17.8 Å². The molecule has 0 heterocycles. The van der Waals surface area contributed by atoms with Crippen molar-refractivity contribution < 1.29 is 23.4 Å². The molecule has 0 spiro atoms. The summed E-state index contributed by atoms with van der Waals surface area (Å²) in [5.41, 5.74) is 3.15. The minimum Gasteiger partial charge on any atom is -0.488 e. The second kappa shape index (κ2) is 7.81. The van der Waals surface area contributed by atoms with Crippen molar-refractivity contribution in [2.75, 3.05) is 7.11 Å². The number of rotatable bonds is 5. The van der Waals surface area contributed by atoms with Crippen molar-refractivity contribution in [1.29, 1.82) is 0 Å². The van der Waals surface area contributed by atoms with E-state index in [-0.39, 0.29) is 12.4 Å². The first-order valence-electron chi connectivity index (χ1n) is 7.72. The second-order valence-electron chi connectivity index (χ2n) is 5.46. The first-order valence-corrected chi connectivity index (χ1v) is 7.72. The second-order valence-corrected chi connectivity index (χ2v) is 5.46. The zero-order chi connectivity index (χ0) is 17.7. The highest BCUT2D eigenvalue weighted by Gasteiger charge is 2.14. The summed E-state index contributed by atoms with van der Waals surface area (Å²) in [5.74, 6) is 0.532. The van der Waals surface area contributed by atoms with Gasteiger partial charge in [-0.1, -0.05) is 19.1 Å². The van der Waals surface area contributed by atoms with Gasteiger partial charge < -0.3 is 14.2 Å². The van der Waals surface area contributed by atoms with Gasteiger partial charge in [-0.25, -0.2) is 9.18 Å². The van der Waals surface area contributed by atoms with E-state index in [9.17, 15) is 9.18 Å². The van der Waals surface area contributed by atoms with Crippen LogP contribution in [-0.4, -0.2) is 13.3 Å². The summed E-state index contributed by atoms with van der Waals surface area (Å²) in [6.45, 7) is 5.73. The summed E-state index contributed by atoms with van der Waals surface area (Å²) in [7, 11) is 1.25. The van der Waals surface area contributed by atoms with E-state index < -0.39 is 6.16 Å². The zero-order valence-corrected chi connectivity index (χ0v) is 14.3. The van der Waals surface area contributed by atoms with E-state index in [4.69, 9.17) is 9.47 Å². The molecule has 5 heteroatoms. The van der Waals surface area contributed by atoms with E-state index in [1.165, 1.54) is 13.2 Å². The minimum absolute atomic E-state index is 0.166. The molecule has 0 aliphatic heterocycles. The molecule has 0 aliphatic carbocycles. The van der Waals surface area contributed by atoms with Gasteiger partial charge >= 0.3 is 6.16 Å². The molecule has 0 fully saturated rings. The summed E-state index contributed by atoms with van der Waals surface area (Å²) in [6, 6.07) is 8.53. The van der Waals surface area contributed by atoms with Crippen LogP contribution in [0.5, 0.6) is 11.5 Å². The molecule has 4 nitrogen and oxygen atoms in total. The monoisotopic (exact) mass is 332 g/mol. The summed E-state index contributed by atoms with van der Waals surface area (Å²) in [4.78, 5) is 11.4. The fourth-order valence-corrected chi connectivity index (χ4v) is 2.45. The van der Waals surface area contributed by atoms with Gasteiger partial charge in [0.25, 0.3) is 0 Å². The maximum atomic E-state index is 13.8. The molecule has 0 aromatic heterocycles. The third-order valence-electron chi connectivity index (χ3n) is 3.80. The molecule has 24 heavy (non-hydrogen) atoms. The molecule has 0 aliphatic rings. The lowest BCUT2D eigenvalue weighted by Crippen LogP contribution is -2.11. The third-order valence-corrected chi connectivity index (χ3v) is 3.80. The molecular weight excluding hydrogens is 311 g/mol. The summed E-state index contributed by atoms with van der Waals surface area (Å²) >= 11 is 0. The Bertz CT molecular complexity index is 740. The molecule has 0 unspecified atom stereocenters. The van der Waals surface area contributed by atoms with Gasteiger partial charge in [0.15, 0.2) is 0 Å². The van der Waals surface area contributed by atoms with Crippen LogP contribution in [0.15, 0.2) is 30.3 Å². The minimum atomic E-state index is -0.790. The molecule has 0 N–H and O–H groups in total. The van der Waals surface area contributed by atoms with E-state index in [0.29, 0.717) is 17.1 Å². The van der Waals surface area contributed by atoms with E-state index in [0.717, 1.165) is 23.1 Å². The van der Waals surface area contributed by atoms with Crippen LogP contribution >= 0.6 is 0 Å². The normalized spacial score (nSPS) is 10.4. The maximum Gasteiger partial charge on any atom is 0.513 e. The lowest BCUT2D eigenvalue weighted by molar-refractivity contribution is 0.120. The fourth-order valence-electron chi connectivity index (χ4n) is 2.45. The van der Waals surface area contributed by atoms with Crippen molar-refractivity contribution in [2.24, 2.45) is 0 Å². The Morgan fingerprint density at radius 3 is 2.54 bits per heavy atom. The fraction of sp³-hybridized carbons (Fsp3) is 0.316. The third kappa shape index (κ3) is 4.04. The van der Waals surface area contributed by atoms with Crippen LogP contribution in [0, 0.1) is 19.7 Å². The number of ether oxygens (including phenoxy) is 3. The lowest BCUT2D eigenvalue weighted by atomic mass is 10.0. The highest BCUT2D eigenvalue weighted by atomic mass is 19.1. The molecule has 0 amide bonds. The summed E-state index contributed by atoms with van der Waals surface area (Å²) in [6.07, 6.45) is -0.0414. The van der Waals surface area contributed by atoms with Crippen molar-refractivity contribution >= 4 is 6.16 Å². The molecule has 128 valence electrons. The van der Waals surface area contributed by atoms with E-state index in [1.807, 2.05) is 19.9 Å². The SMILES string of the molecule is CCc1cccc(OC(=O)OC)c1COc1cc(F)c(C)cc1C. The first kappa shape index (κ1) is 17.8. The Kier molecular flexibility index (Phi) is 5.79. The molecule has 0 bridgehead atoms. The molecular formula is C19H21FO4. The van der Waals surface area contributed by atoms with Crippen molar-refractivity contribution in [3.05, 3.63) is 58.4 Å². The van der Waals surface area contributed by atoms with Crippen molar-refractivity contribution in [1.82, 2.24) is 0 Å². The predicted molar refractivity (Wildman–Crippen MR) is 89.1 cm³/mol. The molecule has 0 radical (unpaired) electrons. The highest BCUT2D eigenvalue weighted by molar-refractivity contribution is 5.64. The largest absolute Gasteiger partial charge is 0.513 e. The summed E-state index contributed by atoms with van der Waals surface area (Å²) < 4.78 is 29.3. The van der Waals surface area contributed by atoms with Gasteiger partial charge in [-0.2, -0.15) is 0 Å². The zero-order valence-electron chi connectivity index (χ0n) is 14.3. The maximum absolute atomic E-state index is 13.8. The average molecular weight is 332 g/mol. The van der Waals surface area contributed by atoms with Gasteiger partial charge in [-0.15, -0.1) is 0 Å². The topological polar surface area (TPSA) is 44.8 Å². The lowest BCUT2D eigenvalue weighted by Gasteiger charge is -2.16. The van der Waals surface area contributed by atoms with Gasteiger partial charge in [0, 0.05) is 11.6 Å². The van der Waals surface area contributed by atoms with E-state index in [1.54, 1.807) is 25.1 Å². The molecule has 2 rings (SSSR count). The van der Waals surface area contributed by atoms with Gasteiger partial charge in [-0.05, 0) is 49.1 Å². The van der Waals surface area contributed by atoms with Crippen molar-refractivity contribution in [3.8, 4) is 11.5 Å². The number of hydrogen-bond donors (Lipinski definition) is 0. The molecule has 0 saturated heterocycles. The molecule has 2 aromatic carbocycles. The highest BCUT2D eigenvalue weighted by Crippen LogP contribution is 2.28. The van der Waals surface area contributed by atoms with E-state index in [2.05, 4.69) is 4.74 Å². The predicted octanol–water partition coefficient (Wildman–Crippen LogP) is 4.73. The Hall–Kier alpha value is -2.56. The number of carbonyl (C=O) groups is 1. The van der Waals surface area contributed by atoms with E-state index >= 15 is 0 Å². The standard InChI is InChI=1S/C19H21FO4/c1-5-14-7-6-8-17(24-19(21)22-4)15(14)11-23-18-10-16(20)12(2)9-13(18)3/h6-10H,5,11H2,1-4H3. The van der Waals surface area contributed by atoms with Gasteiger partial charge in [0.05, 0.1) is 7.11 Å².